The molecule has 1 aliphatic heterocycles. The highest BCUT2D eigenvalue weighted by molar-refractivity contribution is 5.61. The minimum Gasteiger partial charge on any atom is -0.511 e. The van der Waals surface area contributed by atoms with Gasteiger partial charge in [0.15, 0.2) is 5.82 Å². The van der Waals surface area contributed by atoms with Crippen LogP contribution in [0.25, 0.3) is 5.70 Å². The number of nitrogens with one attached hydrogen (secondary N) is 1. The summed E-state index contributed by atoms with van der Waals surface area (Å²) in [6, 6.07) is 5.76. The summed E-state index contributed by atoms with van der Waals surface area (Å²) < 4.78 is 1.73. The number of rotatable bonds is 4. The highest BCUT2D eigenvalue weighted by Crippen LogP contribution is 2.38. The monoisotopic (exact) mass is 368 g/mol. The number of aromatic nitrogens is 4. The summed E-state index contributed by atoms with van der Waals surface area (Å²) in [6.45, 7) is 4.39. The van der Waals surface area contributed by atoms with Crippen LogP contribution < -0.4 is 10.2 Å². The fourth-order valence-corrected chi connectivity index (χ4v) is 3.53. The van der Waals surface area contributed by atoms with Crippen LogP contribution >= 0.6 is 0 Å². The van der Waals surface area contributed by atoms with E-state index in [0.717, 1.165) is 30.3 Å². The van der Waals surface area contributed by atoms with Crippen LogP contribution in [-0.4, -0.2) is 62.5 Å². The molecule has 3 N–H and O–H groups in total. The standard InChI is InChI=1S/C19H24N6O2/c1-19(6-5-15(11-17(19)27)25-9-2-7-21-25)16-3-4-18(23-22-16)24-10-8-20-14(12-24)13-26/h2-5,7,9,11,14,20,26-27H,6,8,10,12-13H2,1H3. The zero-order chi connectivity index (χ0) is 18.9. The van der Waals surface area contributed by atoms with Crippen LogP contribution in [0.4, 0.5) is 5.82 Å². The van der Waals surface area contributed by atoms with Crippen LogP contribution in [0.5, 0.6) is 0 Å². The Morgan fingerprint density at radius 2 is 2.22 bits per heavy atom. The lowest BCUT2D eigenvalue weighted by molar-refractivity contribution is 0.235. The summed E-state index contributed by atoms with van der Waals surface area (Å²) in [4.78, 5) is 2.11. The van der Waals surface area contributed by atoms with E-state index in [1.165, 1.54) is 0 Å². The lowest BCUT2D eigenvalue weighted by Crippen LogP contribution is -2.52. The number of anilines is 1. The van der Waals surface area contributed by atoms with Gasteiger partial charge in [-0.1, -0.05) is 6.08 Å². The molecule has 2 aromatic heterocycles. The Hall–Kier alpha value is -2.71. The highest BCUT2D eigenvalue weighted by atomic mass is 16.3. The first-order chi connectivity index (χ1) is 13.1. The summed E-state index contributed by atoms with van der Waals surface area (Å²) in [5.41, 5.74) is 0.958. The van der Waals surface area contributed by atoms with Crippen molar-refractivity contribution in [2.75, 3.05) is 31.1 Å². The molecular formula is C19H24N6O2. The average molecular weight is 368 g/mol. The predicted molar refractivity (Wildman–Crippen MR) is 102 cm³/mol. The van der Waals surface area contributed by atoms with E-state index in [4.69, 9.17) is 0 Å². The van der Waals surface area contributed by atoms with Crippen molar-refractivity contribution in [2.24, 2.45) is 0 Å². The number of hydrogen-bond donors (Lipinski definition) is 3. The van der Waals surface area contributed by atoms with Gasteiger partial charge >= 0.3 is 0 Å². The van der Waals surface area contributed by atoms with Crippen molar-refractivity contribution < 1.29 is 10.2 Å². The summed E-state index contributed by atoms with van der Waals surface area (Å²) in [6.07, 6.45) is 7.94. The summed E-state index contributed by atoms with van der Waals surface area (Å²) in [7, 11) is 0. The molecule has 0 radical (unpaired) electrons. The maximum absolute atomic E-state index is 10.7. The van der Waals surface area contributed by atoms with E-state index >= 15 is 0 Å². The Morgan fingerprint density at radius 3 is 2.89 bits per heavy atom. The van der Waals surface area contributed by atoms with E-state index in [-0.39, 0.29) is 18.4 Å². The number of piperazine rings is 1. The van der Waals surface area contributed by atoms with Crippen molar-refractivity contribution in [2.45, 2.75) is 24.8 Å². The number of aliphatic hydroxyl groups is 2. The topological polar surface area (TPSA) is 99.3 Å². The van der Waals surface area contributed by atoms with Crippen molar-refractivity contribution in [3.8, 4) is 0 Å². The molecular weight excluding hydrogens is 344 g/mol. The predicted octanol–water partition coefficient (Wildman–Crippen LogP) is 1.09. The number of allylic oxidation sites excluding steroid dienone is 4. The molecule has 1 aliphatic carbocycles. The molecule has 2 atom stereocenters. The van der Waals surface area contributed by atoms with Gasteiger partial charge in [-0.15, -0.1) is 5.10 Å². The number of nitrogens with zero attached hydrogens (tertiary/aromatic N) is 5. The van der Waals surface area contributed by atoms with Gasteiger partial charge in [0.1, 0.15) is 5.76 Å². The third-order valence-corrected chi connectivity index (χ3v) is 5.35. The van der Waals surface area contributed by atoms with Crippen molar-refractivity contribution in [3.63, 3.8) is 0 Å². The number of hydrogen-bond acceptors (Lipinski definition) is 7. The summed E-state index contributed by atoms with van der Waals surface area (Å²) in [5, 5.41) is 36.3. The van der Waals surface area contributed by atoms with Gasteiger partial charge in [0, 0.05) is 44.1 Å². The average Bonchev–Trinajstić information content (AvgIpc) is 3.25. The lowest BCUT2D eigenvalue weighted by Gasteiger charge is -2.34. The quantitative estimate of drug-likeness (QED) is 0.743. The third kappa shape index (κ3) is 3.33. The highest BCUT2D eigenvalue weighted by Gasteiger charge is 2.35. The minimum absolute atomic E-state index is 0.0499. The molecule has 0 aromatic carbocycles. The van der Waals surface area contributed by atoms with E-state index in [1.807, 2.05) is 37.4 Å². The van der Waals surface area contributed by atoms with Gasteiger partial charge in [-0.3, -0.25) is 0 Å². The van der Waals surface area contributed by atoms with Gasteiger partial charge < -0.3 is 20.4 Å². The van der Waals surface area contributed by atoms with Crippen LogP contribution in [0.15, 0.2) is 48.5 Å². The van der Waals surface area contributed by atoms with Gasteiger partial charge in [-0.2, -0.15) is 10.2 Å². The van der Waals surface area contributed by atoms with Crippen LogP contribution in [0.2, 0.25) is 0 Å². The van der Waals surface area contributed by atoms with E-state index in [9.17, 15) is 10.2 Å². The Balaban J connectivity index is 1.53. The fraction of sp³-hybridized carbons (Fsp3) is 0.421. The maximum atomic E-state index is 10.7. The van der Waals surface area contributed by atoms with Crippen molar-refractivity contribution in [1.29, 1.82) is 0 Å². The molecule has 0 amide bonds. The molecule has 2 unspecified atom stereocenters. The molecule has 27 heavy (non-hydrogen) atoms. The second-order valence-corrected chi connectivity index (χ2v) is 7.20. The van der Waals surface area contributed by atoms with Gasteiger partial charge in [-0.05, 0) is 31.5 Å². The largest absolute Gasteiger partial charge is 0.511 e. The molecule has 0 bridgehead atoms. The molecule has 3 heterocycles. The molecule has 8 heteroatoms. The van der Waals surface area contributed by atoms with E-state index < -0.39 is 5.41 Å². The second kappa shape index (κ2) is 7.13. The van der Waals surface area contributed by atoms with Crippen molar-refractivity contribution in [1.82, 2.24) is 25.3 Å². The molecule has 2 aromatic rings. The Kier molecular flexibility index (Phi) is 4.67. The van der Waals surface area contributed by atoms with Crippen molar-refractivity contribution >= 4 is 11.5 Å². The SMILES string of the molecule is CC1(c2ccc(N3CCNC(CO)C3)nn2)CC=C(n2cccn2)C=C1O. The molecule has 0 saturated carbocycles. The summed E-state index contributed by atoms with van der Waals surface area (Å²) in [5.74, 6) is 1.04. The Morgan fingerprint density at radius 1 is 1.33 bits per heavy atom. The first-order valence-corrected chi connectivity index (χ1v) is 9.15. The second-order valence-electron chi connectivity index (χ2n) is 7.20. The molecule has 1 fully saturated rings. The van der Waals surface area contributed by atoms with Gasteiger partial charge in [0.05, 0.1) is 23.4 Å². The zero-order valence-corrected chi connectivity index (χ0v) is 15.3. The van der Waals surface area contributed by atoms with Gasteiger partial charge in [0.2, 0.25) is 0 Å². The number of aliphatic hydroxyl groups excluding tert-OH is 2. The molecule has 8 nitrogen and oxygen atoms in total. The van der Waals surface area contributed by atoms with Crippen LogP contribution in [-0.2, 0) is 5.41 Å². The van der Waals surface area contributed by atoms with E-state index in [1.54, 1.807) is 17.0 Å². The lowest BCUT2D eigenvalue weighted by atomic mass is 9.78. The van der Waals surface area contributed by atoms with Crippen molar-refractivity contribution in [3.05, 3.63) is 54.2 Å². The zero-order valence-electron chi connectivity index (χ0n) is 15.3. The molecule has 4 rings (SSSR count). The smallest absolute Gasteiger partial charge is 0.151 e. The molecule has 142 valence electrons. The Bertz CT molecular complexity index is 846. The minimum atomic E-state index is -0.612. The first-order valence-electron chi connectivity index (χ1n) is 9.15. The fourth-order valence-electron chi connectivity index (χ4n) is 3.53. The van der Waals surface area contributed by atoms with Crippen LogP contribution in [0.3, 0.4) is 0 Å². The third-order valence-electron chi connectivity index (χ3n) is 5.35. The Labute approximate surface area is 157 Å². The first kappa shape index (κ1) is 17.7. The summed E-state index contributed by atoms with van der Waals surface area (Å²) >= 11 is 0. The van der Waals surface area contributed by atoms with Crippen LogP contribution in [0.1, 0.15) is 19.0 Å². The maximum Gasteiger partial charge on any atom is 0.151 e. The molecule has 1 saturated heterocycles. The van der Waals surface area contributed by atoms with Gasteiger partial charge in [-0.25, -0.2) is 4.68 Å². The van der Waals surface area contributed by atoms with E-state index in [2.05, 4.69) is 25.5 Å². The normalized spacial score (nSPS) is 25.9. The van der Waals surface area contributed by atoms with Gasteiger partial charge in [0.25, 0.3) is 0 Å². The van der Waals surface area contributed by atoms with E-state index in [0.29, 0.717) is 13.0 Å². The molecule has 2 aliphatic rings. The van der Waals surface area contributed by atoms with Crippen LogP contribution in [0, 0.1) is 0 Å². The molecule has 0 spiro atoms.